The van der Waals surface area contributed by atoms with Crippen LogP contribution in [-0.4, -0.2) is 35.4 Å². The Balaban J connectivity index is 1.76. The Morgan fingerprint density at radius 3 is 2.85 bits per heavy atom. The van der Waals surface area contributed by atoms with Crippen molar-refractivity contribution in [3.63, 3.8) is 0 Å². The molecular weight excluding hydrogens is 254 g/mol. The fraction of sp³-hybridized carbons (Fsp3) is 0.562. The van der Waals surface area contributed by atoms with Crippen molar-refractivity contribution >= 4 is 5.91 Å². The molecule has 4 heteroatoms. The second kappa shape index (κ2) is 5.19. The minimum absolute atomic E-state index is 0.00832. The fourth-order valence-electron chi connectivity index (χ4n) is 3.63. The largest absolute Gasteiger partial charge is 0.394 e. The smallest absolute Gasteiger partial charge is 0.224 e. The summed E-state index contributed by atoms with van der Waals surface area (Å²) in [7, 11) is 0. The normalized spacial score (nSPS) is 27.4. The van der Waals surface area contributed by atoms with E-state index in [9.17, 15) is 4.79 Å². The van der Waals surface area contributed by atoms with Crippen LogP contribution in [0.2, 0.25) is 0 Å². The minimum Gasteiger partial charge on any atom is -0.394 e. The van der Waals surface area contributed by atoms with Crippen LogP contribution in [0.15, 0.2) is 24.3 Å². The highest BCUT2D eigenvalue weighted by molar-refractivity contribution is 5.85. The lowest BCUT2D eigenvalue weighted by molar-refractivity contribution is -0.124. The molecular formula is C16H21NO3. The molecule has 2 unspecified atom stereocenters. The van der Waals surface area contributed by atoms with Crippen LogP contribution in [0.5, 0.6) is 0 Å². The Hall–Kier alpha value is -1.39. The van der Waals surface area contributed by atoms with Gasteiger partial charge in [0.1, 0.15) is 0 Å². The molecule has 0 radical (unpaired) electrons. The third kappa shape index (κ3) is 2.13. The Morgan fingerprint density at radius 1 is 1.35 bits per heavy atom. The fourth-order valence-corrected chi connectivity index (χ4v) is 3.63. The average Bonchev–Trinajstić information content (AvgIpc) is 3.20. The molecule has 0 aliphatic heterocycles. The molecule has 1 amide bonds. The topological polar surface area (TPSA) is 69.6 Å². The molecule has 2 aliphatic carbocycles. The Kier molecular flexibility index (Phi) is 3.52. The van der Waals surface area contributed by atoms with Crippen molar-refractivity contribution in [3.8, 4) is 0 Å². The van der Waals surface area contributed by atoms with E-state index in [1.54, 1.807) is 0 Å². The molecule has 0 aromatic heterocycles. The maximum absolute atomic E-state index is 12.3. The van der Waals surface area contributed by atoms with Crippen LogP contribution < -0.4 is 5.32 Å². The zero-order valence-corrected chi connectivity index (χ0v) is 11.5. The first-order chi connectivity index (χ1) is 9.71. The van der Waals surface area contributed by atoms with Gasteiger partial charge in [0.2, 0.25) is 5.91 Å². The van der Waals surface area contributed by atoms with E-state index in [4.69, 9.17) is 10.2 Å². The number of hydrogen-bond acceptors (Lipinski definition) is 3. The van der Waals surface area contributed by atoms with Gasteiger partial charge in [-0.05, 0) is 36.8 Å². The van der Waals surface area contributed by atoms with Gasteiger partial charge >= 0.3 is 0 Å². The Bertz CT molecular complexity index is 512. The van der Waals surface area contributed by atoms with Crippen LogP contribution in [0.1, 0.15) is 30.4 Å². The van der Waals surface area contributed by atoms with E-state index in [0.29, 0.717) is 0 Å². The van der Waals surface area contributed by atoms with Gasteiger partial charge in [-0.3, -0.25) is 4.79 Å². The number of carbonyl (C=O) groups is 1. The molecule has 2 atom stereocenters. The summed E-state index contributed by atoms with van der Waals surface area (Å²) in [5.41, 5.74) is 2.71. The second-order valence-electron chi connectivity index (χ2n) is 5.99. The SMILES string of the molecule is O=C(NC(CO)CO)C1CC12CCCc1ccccc12. The van der Waals surface area contributed by atoms with Crippen LogP contribution in [0.4, 0.5) is 0 Å². The molecule has 0 bridgehead atoms. The molecule has 1 fully saturated rings. The van der Waals surface area contributed by atoms with Gasteiger partial charge in [0.05, 0.1) is 19.3 Å². The molecule has 0 saturated heterocycles. The lowest BCUT2D eigenvalue weighted by Gasteiger charge is -2.26. The summed E-state index contributed by atoms with van der Waals surface area (Å²) < 4.78 is 0. The molecule has 3 rings (SSSR count). The third-order valence-electron chi connectivity index (χ3n) is 4.80. The molecule has 20 heavy (non-hydrogen) atoms. The number of hydrogen-bond donors (Lipinski definition) is 3. The molecule has 0 heterocycles. The Labute approximate surface area is 118 Å². The summed E-state index contributed by atoms with van der Waals surface area (Å²) in [5.74, 6) is -0.0423. The number of rotatable bonds is 4. The van der Waals surface area contributed by atoms with Crippen molar-refractivity contribution in [3.05, 3.63) is 35.4 Å². The molecule has 1 saturated carbocycles. The first-order valence-corrected chi connectivity index (χ1v) is 7.32. The van der Waals surface area contributed by atoms with Crippen molar-refractivity contribution in [2.45, 2.75) is 37.1 Å². The number of benzene rings is 1. The van der Waals surface area contributed by atoms with E-state index < -0.39 is 6.04 Å². The van der Waals surface area contributed by atoms with E-state index in [1.165, 1.54) is 11.1 Å². The summed E-state index contributed by atoms with van der Waals surface area (Å²) in [6, 6.07) is 7.87. The number of amides is 1. The maximum Gasteiger partial charge on any atom is 0.224 e. The lowest BCUT2D eigenvalue weighted by Crippen LogP contribution is -2.42. The second-order valence-corrected chi connectivity index (χ2v) is 5.99. The van der Waals surface area contributed by atoms with Gasteiger partial charge in [0.25, 0.3) is 0 Å². The summed E-state index contributed by atoms with van der Waals surface area (Å²) in [6.07, 6.45) is 4.18. The predicted molar refractivity (Wildman–Crippen MR) is 75.3 cm³/mol. The van der Waals surface area contributed by atoms with Gasteiger partial charge in [-0.1, -0.05) is 24.3 Å². The summed E-state index contributed by atoms with van der Waals surface area (Å²) in [5, 5.41) is 20.9. The van der Waals surface area contributed by atoms with Gasteiger partial charge in [0.15, 0.2) is 0 Å². The van der Waals surface area contributed by atoms with Gasteiger partial charge in [-0.15, -0.1) is 0 Å². The monoisotopic (exact) mass is 275 g/mol. The number of aliphatic hydroxyl groups excluding tert-OH is 2. The molecule has 4 nitrogen and oxygen atoms in total. The standard InChI is InChI=1S/C16H21NO3/c18-9-12(10-19)17-15(20)14-8-16(14)7-3-5-11-4-1-2-6-13(11)16/h1-2,4,6,12,14,18-19H,3,5,7-10H2,(H,17,20). The molecule has 1 aromatic rings. The van der Waals surface area contributed by atoms with Crippen LogP contribution >= 0.6 is 0 Å². The van der Waals surface area contributed by atoms with E-state index >= 15 is 0 Å². The highest BCUT2D eigenvalue weighted by atomic mass is 16.3. The molecule has 1 aromatic carbocycles. The number of aliphatic hydroxyl groups is 2. The van der Waals surface area contributed by atoms with Crippen molar-refractivity contribution < 1.29 is 15.0 Å². The van der Waals surface area contributed by atoms with Gasteiger partial charge in [0, 0.05) is 11.3 Å². The molecule has 1 spiro atoms. The zero-order valence-electron chi connectivity index (χ0n) is 11.5. The molecule has 2 aliphatic rings. The number of aryl methyl sites for hydroxylation is 1. The van der Waals surface area contributed by atoms with Gasteiger partial charge in [-0.2, -0.15) is 0 Å². The van der Waals surface area contributed by atoms with Crippen molar-refractivity contribution in [1.82, 2.24) is 5.32 Å². The predicted octanol–water partition coefficient (Wildman–Crippen LogP) is 0.750. The first-order valence-electron chi connectivity index (χ1n) is 7.32. The first kappa shape index (κ1) is 13.6. The minimum atomic E-state index is -0.543. The maximum atomic E-state index is 12.3. The van der Waals surface area contributed by atoms with E-state index in [-0.39, 0.29) is 30.5 Å². The van der Waals surface area contributed by atoms with Crippen molar-refractivity contribution in [2.24, 2.45) is 5.92 Å². The highest BCUT2D eigenvalue weighted by Crippen LogP contribution is 2.60. The average molecular weight is 275 g/mol. The van der Waals surface area contributed by atoms with E-state index in [2.05, 4.69) is 23.5 Å². The Morgan fingerprint density at radius 2 is 2.10 bits per heavy atom. The van der Waals surface area contributed by atoms with Crippen LogP contribution in [0.25, 0.3) is 0 Å². The van der Waals surface area contributed by atoms with Crippen molar-refractivity contribution in [1.29, 1.82) is 0 Å². The third-order valence-corrected chi connectivity index (χ3v) is 4.80. The van der Waals surface area contributed by atoms with E-state index in [1.807, 2.05) is 6.07 Å². The van der Waals surface area contributed by atoms with E-state index in [0.717, 1.165) is 25.7 Å². The van der Waals surface area contributed by atoms with Crippen molar-refractivity contribution in [2.75, 3.05) is 13.2 Å². The van der Waals surface area contributed by atoms with Gasteiger partial charge < -0.3 is 15.5 Å². The molecule has 108 valence electrons. The van der Waals surface area contributed by atoms with Crippen LogP contribution in [-0.2, 0) is 16.6 Å². The van der Waals surface area contributed by atoms with Crippen LogP contribution in [0, 0.1) is 5.92 Å². The van der Waals surface area contributed by atoms with Gasteiger partial charge in [-0.25, -0.2) is 0 Å². The highest BCUT2D eigenvalue weighted by Gasteiger charge is 2.60. The number of nitrogens with one attached hydrogen (secondary N) is 1. The summed E-state index contributed by atoms with van der Waals surface area (Å²) in [6.45, 7) is -0.447. The number of fused-ring (bicyclic) bond motifs is 2. The zero-order chi connectivity index (χ0) is 14.2. The summed E-state index contributed by atoms with van der Waals surface area (Å²) >= 11 is 0. The number of carbonyl (C=O) groups excluding carboxylic acids is 1. The lowest BCUT2D eigenvalue weighted by atomic mass is 9.78. The molecule has 3 N–H and O–H groups in total. The van der Waals surface area contributed by atoms with Crippen LogP contribution in [0.3, 0.4) is 0 Å². The quantitative estimate of drug-likeness (QED) is 0.759. The summed E-state index contributed by atoms with van der Waals surface area (Å²) in [4.78, 5) is 12.3.